The predicted octanol–water partition coefficient (Wildman–Crippen LogP) is 2.72. The van der Waals surface area contributed by atoms with Crippen LogP contribution < -0.4 is 24.8 Å². The molecule has 0 N–H and O–H groups in total. The van der Waals surface area contributed by atoms with Gasteiger partial charge in [-0.2, -0.15) is 0 Å². The molecule has 0 radical (unpaired) electrons. The molecule has 0 aromatic heterocycles. The van der Waals surface area contributed by atoms with E-state index in [1.165, 1.54) is 77.0 Å². The van der Waals surface area contributed by atoms with E-state index in [1.807, 2.05) is 17.7 Å². The van der Waals surface area contributed by atoms with Gasteiger partial charge in [0.2, 0.25) is 0 Å². The Kier molecular flexibility index (Phi) is 10.5. The molecule has 4 rings (SSSR count). The van der Waals surface area contributed by atoms with Crippen LogP contribution in [0.1, 0.15) is 105 Å². The SMILES string of the molecule is CC(C)C1(C2=[C]([Zr+2][C]3=C(C4(C(C)C)CCCCC4)C=CC3)CC=C2)CCCCC1.[Cl-].[Cl-]. The first-order chi connectivity index (χ1) is 14.0. The van der Waals surface area contributed by atoms with Crippen LogP contribution in [-0.4, -0.2) is 0 Å². The molecule has 4 aliphatic rings. The first-order valence-corrected chi connectivity index (χ1v) is 15.0. The molecule has 3 heteroatoms. The van der Waals surface area contributed by atoms with Crippen molar-refractivity contribution in [3.05, 3.63) is 42.0 Å². The van der Waals surface area contributed by atoms with Crippen molar-refractivity contribution in [3.8, 4) is 0 Å². The zero-order valence-corrected chi connectivity index (χ0v) is 24.2. The smallest absolute Gasteiger partial charge is 1.00 e. The number of hydrogen-bond acceptors (Lipinski definition) is 0. The van der Waals surface area contributed by atoms with E-state index in [4.69, 9.17) is 0 Å². The van der Waals surface area contributed by atoms with Crippen molar-refractivity contribution in [1.29, 1.82) is 0 Å². The summed E-state index contributed by atoms with van der Waals surface area (Å²) < 4.78 is 3.88. The van der Waals surface area contributed by atoms with E-state index in [-0.39, 0.29) is 24.8 Å². The van der Waals surface area contributed by atoms with E-state index in [1.54, 1.807) is 0 Å². The second-order valence-electron chi connectivity index (χ2n) is 10.9. The Morgan fingerprint density at radius 3 is 1.29 bits per heavy atom. The van der Waals surface area contributed by atoms with Crippen molar-refractivity contribution >= 4 is 0 Å². The number of hydrogen-bond donors (Lipinski definition) is 0. The van der Waals surface area contributed by atoms with E-state index in [0.717, 1.165) is 11.8 Å². The minimum Gasteiger partial charge on any atom is -1.00 e. The summed E-state index contributed by atoms with van der Waals surface area (Å²) in [7, 11) is 0. The first-order valence-electron chi connectivity index (χ1n) is 12.6. The van der Waals surface area contributed by atoms with Crippen molar-refractivity contribution in [3.63, 3.8) is 0 Å². The molecule has 0 nitrogen and oxygen atoms in total. The van der Waals surface area contributed by atoms with Gasteiger partial charge in [0, 0.05) is 0 Å². The topological polar surface area (TPSA) is 0 Å². The molecular weight excluding hydrogens is 498 g/mol. The summed E-state index contributed by atoms with van der Waals surface area (Å²) in [6.45, 7) is 10.0. The van der Waals surface area contributed by atoms with Crippen LogP contribution in [-0.2, 0) is 23.2 Å². The molecule has 0 aromatic carbocycles. The third-order valence-corrected chi connectivity index (χ3v) is 12.8. The quantitative estimate of drug-likeness (QED) is 0.486. The Morgan fingerprint density at radius 2 is 0.968 bits per heavy atom. The van der Waals surface area contributed by atoms with Gasteiger partial charge >= 0.3 is 193 Å². The van der Waals surface area contributed by atoms with E-state index < -0.39 is 23.2 Å². The standard InChI is InChI=1S/2C14H21.2ClH.Zr/c2*1-12(2)14(10-6-3-7-11-14)13-8-4-5-9-13;;;/h2*4,8,12H,3,5-7,10-11H2,1-2H3;2*1H;/q;;;;+2/p-2. The average molecular weight is 541 g/mol. The van der Waals surface area contributed by atoms with Gasteiger partial charge in [-0.05, 0) is 0 Å². The Morgan fingerprint density at radius 1 is 0.613 bits per heavy atom. The zero-order chi connectivity index (χ0) is 20.5. The molecule has 4 aliphatic carbocycles. The van der Waals surface area contributed by atoms with Crippen LogP contribution in [0, 0.1) is 22.7 Å². The fourth-order valence-electron chi connectivity index (χ4n) is 7.04. The van der Waals surface area contributed by atoms with Crippen molar-refractivity contribution < 1.29 is 48.0 Å². The van der Waals surface area contributed by atoms with Gasteiger partial charge in [0.1, 0.15) is 0 Å². The number of halogens is 2. The molecule has 172 valence electrons. The molecule has 0 saturated heterocycles. The normalized spacial score (nSPS) is 24.5. The van der Waals surface area contributed by atoms with Gasteiger partial charge in [0.05, 0.1) is 0 Å². The minimum absolute atomic E-state index is 0. The van der Waals surface area contributed by atoms with Crippen molar-refractivity contribution in [2.45, 2.75) is 105 Å². The van der Waals surface area contributed by atoms with E-state index in [2.05, 4.69) is 52.0 Å². The second kappa shape index (κ2) is 11.7. The summed E-state index contributed by atoms with van der Waals surface area (Å²) in [6.07, 6.45) is 27.2. The van der Waals surface area contributed by atoms with Crippen LogP contribution in [0.15, 0.2) is 42.0 Å². The summed E-state index contributed by atoms with van der Waals surface area (Å²) in [4.78, 5) is 0. The molecule has 0 aliphatic heterocycles. The van der Waals surface area contributed by atoms with Crippen LogP contribution in [0.3, 0.4) is 0 Å². The Labute approximate surface area is 216 Å². The zero-order valence-electron chi connectivity index (χ0n) is 20.2. The molecule has 2 fully saturated rings. The van der Waals surface area contributed by atoms with E-state index in [9.17, 15) is 0 Å². The van der Waals surface area contributed by atoms with Crippen LogP contribution >= 0.6 is 0 Å². The van der Waals surface area contributed by atoms with E-state index in [0.29, 0.717) is 10.8 Å². The summed E-state index contributed by atoms with van der Waals surface area (Å²) in [6, 6.07) is 0. The Hall–Kier alpha value is 0.423. The van der Waals surface area contributed by atoms with Gasteiger partial charge in [-0.3, -0.25) is 0 Å². The van der Waals surface area contributed by atoms with Crippen LogP contribution in [0.2, 0.25) is 0 Å². The monoisotopic (exact) mass is 538 g/mol. The molecule has 0 aromatic rings. The minimum atomic E-state index is -0.676. The van der Waals surface area contributed by atoms with Crippen LogP contribution in [0.4, 0.5) is 0 Å². The maximum Gasteiger partial charge on any atom is -1.00 e. The summed E-state index contributed by atoms with van der Waals surface area (Å²) in [5.74, 6) is 1.57. The Bertz CT molecular complexity index is 664. The molecule has 0 unspecified atom stereocenters. The van der Waals surface area contributed by atoms with Gasteiger partial charge in [-0.15, -0.1) is 0 Å². The van der Waals surface area contributed by atoms with Crippen molar-refractivity contribution in [2.75, 3.05) is 0 Å². The van der Waals surface area contributed by atoms with Gasteiger partial charge in [0.25, 0.3) is 0 Å². The molecule has 0 bridgehead atoms. The molecule has 0 amide bonds. The Balaban J connectivity index is 0.00000171. The van der Waals surface area contributed by atoms with Gasteiger partial charge in [-0.1, -0.05) is 0 Å². The third kappa shape index (κ3) is 5.25. The fourth-order valence-corrected chi connectivity index (χ4v) is 11.3. The fraction of sp³-hybridized carbons (Fsp3) is 0.714. The molecule has 2 saturated carbocycles. The summed E-state index contributed by atoms with van der Waals surface area (Å²) in [5.41, 5.74) is 4.66. The maximum atomic E-state index is 2.59. The molecule has 0 atom stereocenters. The average Bonchev–Trinajstić information content (AvgIpc) is 3.39. The molecule has 31 heavy (non-hydrogen) atoms. The van der Waals surface area contributed by atoms with Crippen molar-refractivity contribution in [1.82, 2.24) is 0 Å². The van der Waals surface area contributed by atoms with Gasteiger partial charge in [0.15, 0.2) is 0 Å². The largest absolute Gasteiger partial charge is 1.00 e. The van der Waals surface area contributed by atoms with Crippen molar-refractivity contribution in [2.24, 2.45) is 22.7 Å². The second-order valence-corrected chi connectivity index (χ2v) is 14.4. The third-order valence-electron chi connectivity index (χ3n) is 8.94. The van der Waals surface area contributed by atoms with Gasteiger partial charge in [-0.25, -0.2) is 0 Å². The van der Waals surface area contributed by atoms with Gasteiger partial charge < -0.3 is 24.8 Å². The predicted molar refractivity (Wildman–Crippen MR) is 122 cm³/mol. The summed E-state index contributed by atoms with van der Waals surface area (Å²) >= 11 is -0.676. The van der Waals surface area contributed by atoms with Crippen LogP contribution in [0.25, 0.3) is 0 Å². The molecular formula is C28H42Cl2Zr. The summed E-state index contributed by atoms with van der Waals surface area (Å²) in [5, 5.41) is 0. The van der Waals surface area contributed by atoms with E-state index >= 15 is 0 Å². The maximum absolute atomic E-state index is 2.59. The molecule has 0 heterocycles. The molecule has 0 spiro atoms. The number of allylic oxidation sites excluding steroid dienone is 8. The van der Waals surface area contributed by atoms with Crippen LogP contribution in [0.5, 0.6) is 0 Å². The number of rotatable bonds is 6. The first kappa shape index (κ1) is 27.7.